The van der Waals surface area contributed by atoms with E-state index in [1.165, 1.54) is 0 Å². The Bertz CT molecular complexity index is 1600. The smallest absolute Gasteiger partial charge is 0.166 e. The van der Waals surface area contributed by atoms with Gasteiger partial charge < -0.3 is 20.9 Å². The molecule has 0 bridgehead atoms. The number of nitrogens with one attached hydrogen (secondary N) is 1. The number of nitrogens with two attached hydrogens (primary N) is 2. The first-order valence-corrected chi connectivity index (χ1v) is 13.9. The molecule has 0 aromatic carbocycles. The van der Waals surface area contributed by atoms with Crippen molar-refractivity contribution in [1.82, 2.24) is 34.5 Å². The Balaban J connectivity index is 1.43. The molecule has 11 heteroatoms. The number of amidine groups is 1. The van der Waals surface area contributed by atoms with Gasteiger partial charge in [-0.25, -0.2) is 9.98 Å². The van der Waals surface area contributed by atoms with Gasteiger partial charge in [-0.2, -0.15) is 14.7 Å². The monoisotopic (exact) mass is 563 g/mol. The van der Waals surface area contributed by atoms with Crippen LogP contribution in [0.1, 0.15) is 36.1 Å². The predicted octanol–water partition coefficient (Wildman–Crippen LogP) is 4.04. The van der Waals surface area contributed by atoms with Crippen LogP contribution in [-0.4, -0.2) is 61.4 Å². The molecule has 1 aliphatic carbocycles. The van der Waals surface area contributed by atoms with Crippen molar-refractivity contribution >= 4 is 24.0 Å². The third kappa shape index (κ3) is 6.31. The Morgan fingerprint density at radius 1 is 1.10 bits per heavy atom. The Morgan fingerprint density at radius 2 is 1.86 bits per heavy atom. The first-order valence-electron chi connectivity index (χ1n) is 13.9. The molecule has 42 heavy (non-hydrogen) atoms. The zero-order chi connectivity index (χ0) is 29.5. The minimum Gasteiger partial charge on any atom is -0.384 e. The summed E-state index contributed by atoms with van der Waals surface area (Å²) in [4.78, 5) is 16.1. The van der Waals surface area contributed by atoms with Crippen LogP contribution in [0.5, 0.6) is 0 Å². The Labute approximate surface area is 245 Å². The first kappa shape index (κ1) is 28.5. The largest absolute Gasteiger partial charge is 0.384 e. The number of fused-ring (bicyclic) bond motifs is 1. The fourth-order valence-corrected chi connectivity index (χ4v) is 5.24. The lowest BCUT2D eigenvalue weighted by Gasteiger charge is -2.35. The van der Waals surface area contributed by atoms with Crippen LogP contribution in [0.4, 0.5) is 5.82 Å². The molecule has 5 rings (SSSR count). The molecule has 1 aliphatic heterocycles. The number of nitrogen functional groups attached to an aromatic ring is 1. The zero-order valence-electron chi connectivity index (χ0n) is 23.8. The van der Waals surface area contributed by atoms with Gasteiger partial charge in [0.05, 0.1) is 30.6 Å². The molecule has 216 valence electrons. The number of anilines is 1. The number of hydrogen-bond acceptors (Lipinski definition) is 8. The molecule has 11 nitrogen and oxygen atoms in total. The quantitative estimate of drug-likeness (QED) is 0.224. The molecule has 3 aromatic heterocycles. The maximum atomic E-state index is 6.49. The van der Waals surface area contributed by atoms with Crippen LogP contribution in [0, 0.1) is 6.92 Å². The number of hydrogen-bond donors (Lipinski definition) is 3. The Kier molecular flexibility index (Phi) is 8.88. The molecule has 0 saturated carbocycles. The minimum atomic E-state index is 0.127. The van der Waals surface area contributed by atoms with E-state index in [4.69, 9.17) is 21.4 Å². The summed E-state index contributed by atoms with van der Waals surface area (Å²) in [5, 5.41) is 8.31. The van der Waals surface area contributed by atoms with E-state index in [1.807, 2.05) is 55.9 Å². The van der Waals surface area contributed by atoms with Crippen molar-refractivity contribution in [2.45, 2.75) is 31.7 Å². The molecule has 1 saturated heterocycles. The number of allylic oxidation sites excluding steroid dienone is 6. The van der Waals surface area contributed by atoms with Crippen LogP contribution in [-0.2, 0) is 0 Å². The van der Waals surface area contributed by atoms with Crippen molar-refractivity contribution in [3.63, 3.8) is 0 Å². The van der Waals surface area contributed by atoms with Gasteiger partial charge in [0.1, 0.15) is 5.82 Å². The zero-order valence-corrected chi connectivity index (χ0v) is 23.8. The molecule has 0 atom stereocenters. The number of aryl methyl sites for hydroxylation is 1. The highest BCUT2D eigenvalue weighted by molar-refractivity contribution is 5.97. The molecule has 3 aromatic rings. The van der Waals surface area contributed by atoms with Crippen LogP contribution in [0.3, 0.4) is 0 Å². The molecular weight excluding hydrogens is 526 g/mol. The number of aromatic nitrogens is 5. The van der Waals surface area contributed by atoms with E-state index in [9.17, 15) is 0 Å². The fraction of sp³-hybridized carbons (Fsp3) is 0.258. The van der Waals surface area contributed by atoms with Crippen molar-refractivity contribution in [1.29, 1.82) is 0 Å². The lowest BCUT2D eigenvalue weighted by molar-refractivity contribution is 0.235. The molecule has 5 N–H and O–H groups in total. The topological polar surface area (TPSA) is 140 Å². The van der Waals surface area contributed by atoms with E-state index in [0.29, 0.717) is 17.3 Å². The molecule has 2 aliphatic rings. The maximum Gasteiger partial charge on any atom is 0.166 e. The summed E-state index contributed by atoms with van der Waals surface area (Å²) in [7, 11) is 0. The Hall–Kier alpha value is -5.03. The first-order chi connectivity index (χ1) is 20.5. The van der Waals surface area contributed by atoms with Gasteiger partial charge in [0.2, 0.25) is 0 Å². The number of hydrazone groups is 1. The molecule has 0 amide bonds. The van der Waals surface area contributed by atoms with Gasteiger partial charge >= 0.3 is 0 Å². The number of likely N-dealkylation sites (tertiary alicyclic amines) is 1. The highest BCUT2D eigenvalue weighted by Crippen LogP contribution is 2.27. The summed E-state index contributed by atoms with van der Waals surface area (Å²) < 4.78 is 3.85. The van der Waals surface area contributed by atoms with Crippen LogP contribution in [0.2, 0.25) is 0 Å². The average molecular weight is 564 g/mol. The van der Waals surface area contributed by atoms with Gasteiger partial charge in [-0.05, 0) is 37.5 Å². The van der Waals surface area contributed by atoms with E-state index >= 15 is 0 Å². The Morgan fingerprint density at radius 3 is 2.52 bits per heavy atom. The van der Waals surface area contributed by atoms with E-state index < -0.39 is 0 Å². The highest BCUT2D eigenvalue weighted by Gasteiger charge is 2.23. The summed E-state index contributed by atoms with van der Waals surface area (Å²) in [5.41, 5.74) is 20.1. The van der Waals surface area contributed by atoms with Crippen molar-refractivity contribution in [3.8, 4) is 11.1 Å². The molecule has 4 heterocycles. The van der Waals surface area contributed by atoms with E-state index in [1.54, 1.807) is 10.7 Å². The number of piperidine rings is 1. The van der Waals surface area contributed by atoms with Gasteiger partial charge in [0.25, 0.3) is 0 Å². The molecular formula is C31H37N11. The van der Waals surface area contributed by atoms with E-state index in [0.717, 1.165) is 54.0 Å². The van der Waals surface area contributed by atoms with Gasteiger partial charge in [0.15, 0.2) is 11.5 Å². The van der Waals surface area contributed by atoms with Crippen molar-refractivity contribution < 1.29 is 0 Å². The summed E-state index contributed by atoms with van der Waals surface area (Å²) in [6.07, 6.45) is 21.8. The van der Waals surface area contributed by atoms with Crippen LogP contribution >= 0.6 is 0 Å². The molecule has 1 fully saturated rings. The predicted molar refractivity (Wildman–Crippen MR) is 169 cm³/mol. The van der Waals surface area contributed by atoms with Crippen LogP contribution in [0.15, 0.2) is 102 Å². The lowest BCUT2D eigenvalue weighted by Crippen LogP contribution is -2.39. The van der Waals surface area contributed by atoms with Crippen LogP contribution < -0.4 is 16.9 Å². The highest BCUT2D eigenvalue weighted by atomic mass is 15.3. The maximum absolute atomic E-state index is 6.49. The number of aliphatic imine (C=N–C) groups is 1. The molecule has 0 radical (unpaired) electrons. The van der Waals surface area contributed by atoms with Crippen molar-refractivity contribution in [3.05, 3.63) is 103 Å². The lowest BCUT2D eigenvalue weighted by atomic mass is 10.0. The summed E-state index contributed by atoms with van der Waals surface area (Å²) in [5.74, 6) is 1.16. The second-order valence-corrected chi connectivity index (χ2v) is 10.2. The summed E-state index contributed by atoms with van der Waals surface area (Å²) >= 11 is 0. The van der Waals surface area contributed by atoms with Crippen molar-refractivity contribution in [2.75, 3.05) is 25.5 Å². The second kappa shape index (κ2) is 13.1. The average Bonchev–Trinajstić information content (AvgIpc) is 3.26. The van der Waals surface area contributed by atoms with Gasteiger partial charge in [-0.3, -0.25) is 10.4 Å². The van der Waals surface area contributed by atoms with Crippen LogP contribution in [0.25, 0.3) is 16.8 Å². The standard InChI is InChI=1S/C31H37N11/c1-22-16-29(33)42-31(27(18-38-42)25-10-11-28(35-17-25)24-8-6-4-5-7-9-24)37-21-41(19-22)26-12-14-40(15-13-26)23(2)30(36-20-32)39-34-3/h4-11,16-19,21,24,26H,2-3,12-15,20,32-33H2,1H3,(H,36,39). The van der Waals surface area contributed by atoms with E-state index in [2.05, 4.69) is 67.8 Å². The third-order valence-corrected chi connectivity index (χ3v) is 7.41. The van der Waals surface area contributed by atoms with Crippen molar-refractivity contribution in [2.24, 2.45) is 15.8 Å². The third-order valence-electron chi connectivity index (χ3n) is 7.41. The summed E-state index contributed by atoms with van der Waals surface area (Å²) in [6, 6.07) is 6.26. The number of pyridine rings is 1. The van der Waals surface area contributed by atoms with Gasteiger partial charge in [0, 0.05) is 55.3 Å². The normalized spacial score (nSPS) is 16.0. The minimum absolute atomic E-state index is 0.127. The number of rotatable bonds is 7. The molecule has 0 unspecified atom stereocenters. The van der Waals surface area contributed by atoms with E-state index in [-0.39, 0.29) is 18.6 Å². The number of nitrogens with zero attached hydrogens (tertiary/aromatic N) is 8. The summed E-state index contributed by atoms with van der Waals surface area (Å²) in [6.45, 7) is 11.4. The molecule has 0 spiro atoms. The van der Waals surface area contributed by atoms with Gasteiger partial charge in [-0.15, -0.1) is 0 Å². The fourth-order valence-electron chi connectivity index (χ4n) is 5.24. The van der Waals surface area contributed by atoms with Gasteiger partial charge in [-0.1, -0.05) is 49.1 Å². The second-order valence-electron chi connectivity index (χ2n) is 10.2. The SMILES string of the molecule is C=NN/C(=N\CN)C(=C)N1CCC(n2cnc3c(-c4ccc(C5C=CC=CC=C5)nc4)cnn3c(N)cc(C)c2)CC1.